The molecule has 5 heteroatoms. The van der Waals surface area contributed by atoms with Crippen molar-refractivity contribution in [2.45, 2.75) is 26.2 Å². The molecular formula is C20H19N5. The summed E-state index contributed by atoms with van der Waals surface area (Å²) in [7, 11) is 0. The van der Waals surface area contributed by atoms with E-state index in [1.54, 1.807) is 12.4 Å². The second-order valence-corrected chi connectivity index (χ2v) is 6.05. The Morgan fingerprint density at radius 2 is 1.88 bits per heavy atom. The fraction of sp³-hybridized carbons (Fsp3) is 0.200. The van der Waals surface area contributed by atoms with E-state index in [1.165, 1.54) is 0 Å². The van der Waals surface area contributed by atoms with Gasteiger partial charge in [0.05, 0.1) is 11.4 Å². The SMILES string of the molecule is Cc1ccc(C2=N/C3=C/CCC/C=N\N3C(c3ccncc3)=C2)cn1. The maximum absolute atomic E-state index is 4.84. The summed E-state index contributed by atoms with van der Waals surface area (Å²) in [5.74, 6) is 0.862. The van der Waals surface area contributed by atoms with E-state index < -0.39 is 0 Å². The fourth-order valence-electron chi connectivity index (χ4n) is 2.85. The van der Waals surface area contributed by atoms with Crippen LogP contribution in [0.15, 0.2) is 70.9 Å². The summed E-state index contributed by atoms with van der Waals surface area (Å²) in [5.41, 5.74) is 4.96. The zero-order valence-electron chi connectivity index (χ0n) is 14.1. The van der Waals surface area contributed by atoms with Gasteiger partial charge in [-0.3, -0.25) is 9.97 Å². The highest BCUT2D eigenvalue weighted by atomic mass is 15.5. The summed E-state index contributed by atoms with van der Waals surface area (Å²) in [6.45, 7) is 1.98. The highest BCUT2D eigenvalue weighted by molar-refractivity contribution is 6.13. The van der Waals surface area contributed by atoms with Crippen molar-refractivity contribution < 1.29 is 0 Å². The van der Waals surface area contributed by atoms with Gasteiger partial charge in [0.15, 0.2) is 5.82 Å². The maximum atomic E-state index is 4.84. The van der Waals surface area contributed by atoms with Gasteiger partial charge < -0.3 is 0 Å². The van der Waals surface area contributed by atoms with E-state index in [2.05, 4.69) is 33.3 Å². The molecule has 4 heterocycles. The molecule has 0 atom stereocenters. The smallest absolute Gasteiger partial charge is 0.150 e. The van der Waals surface area contributed by atoms with Gasteiger partial charge in [-0.05, 0) is 62.6 Å². The molecule has 25 heavy (non-hydrogen) atoms. The Hall–Kier alpha value is -3.08. The molecule has 4 rings (SSSR count). The lowest BCUT2D eigenvalue weighted by molar-refractivity contribution is 0.506. The quantitative estimate of drug-likeness (QED) is 0.838. The predicted octanol–water partition coefficient (Wildman–Crippen LogP) is 3.94. The van der Waals surface area contributed by atoms with Crippen LogP contribution in [-0.4, -0.2) is 26.9 Å². The van der Waals surface area contributed by atoms with Crippen molar-refractivity contribution in [1.29, 1.82) is 0 Å². The Labute approximate surface area is 147 Å². The van der Waals surface area contributed by atoms with Crippen LogP contribution >= 0.6 is 0 Å². The van der Waals surface area contributed by atoms with Crippen molar-refractivity contribution in [2.75, 3.05) is 0 Å². The largest absolute Gasteiger partial charge is 0.265 e. The first kappa shape index (κ1) is 15.4. The highest BCUT2D eigenvalue weighted by Gasteiger charge is 2.22. The molecule has 2 aliphatic heterocycles. The van der Waals surface area contributed by atoms with Gasteiger partial charge in [-0.15, -0.1) is 0 Å². The Morgan fingerprint density at radius 1 is 1.00 bits per heavy atom. The van der Waals surface area contributed by atoms with Crippen molar-refractivity contribution in [2.24, 2.45) is 10.1 Å². The molecule has 5 nitrogen and oxygen atoms in total. The van der Waals surface area contributed by atoms with Crippen LogP contribution in [0, 0.1) is 6.92 Å². The van der Waals surface area contributed by atoms with Crippen LogP contribution in [0.5, 0.6) is 0 Å². The van der Waals surface area contributed by atoms with Crippen molar-refractivity contribution >= 4 is 17.6 Å². The third-order valence-electron chi connectivity index (χ3n) is 4.20. The van der Waals surface area contributed by atoms with E-state index in [-0.39, 0.29) is 0 Å². The standard InChI is InChI=1S/C20H19N5/c1-15-6-7-17(14-22-15)18-13-19(16-8-11-21-12-9-16)25-20(24-18)5-3-2-4-10-23-25/h5-14H,2-4H2,1H3/b20-5-,23-10-. The van der Waals surface area contributed by atoms with Crippen molar-refractivity contribution in [3.63, 3.8) is 0 Å². The van der Waals surface area contributed by atoms with Gasteiger partial charge in [-0.2, -0.15) is 5.10 Å². The second-order valence-electron chi connectivity index (χ2n) is 6.05. The Bertz CT molecular complexity index is 876. The number of hydrogen-bond donors (Lipinski definition) is 0. The van der Waals surface area contributed by atoms with Crippen LogP contribution in [0.1, 0.15) is 36.1 Å². The fourth-order valence-corrected chi connectivity index (χ4v) is 2.85. The van der Waals surface area contributed by atoms with Gasteiger partial charge in [-0.25, -0.2) is 10.0 Å². The monoisotopic (exact) mass is 329 g/mol. The third-order valence-corrected chi connectivity index (χ3v) is 4.20. The molecule has 0 unspecified atom stereocenters. The molecule has 2 aromatic heterocycles. The summed E-state index contributed by atoms with van der Waals surface area (Å²) < 4.78 is 0. The topological polar surface area (TPSA) is 53.7 Å². The van der Waals surface area contributed by atoms with Crippen LogP contribution < -0.4 is 0 Å². The molecule has 0 spiro atoms. The van der Waals surface area contributed by atoms with E-state index in [0.29, 0.717) is 0 Å². The molecule has 0 radical (unpaired) electrons. The van der Waals surface area contributed by atoms with Gasteiger partial charge >= 0.3 is 0 Å². The number of aryl methyl sites for hydroxylation is 1. The molecular weight excluding hydrogens is 310 g/mol. The molecule has 124 valence electrons. The number of fused-ring (bicyclic) bond motifs is 1. The first-order valence-corrected chi connectivity index (χ1v) is 8.48. The van der Waals surface area contributed by atoms with Gasteiger partial charge in [0.25, 0.3) is 0 Å². The zero-order chi connectivity index (χ0) is 17.1. The molecule has 0 fully saturated rings. The van der Waals surface area contributed by atoms with Crippen molar-refractivity contribution in [3.05, 3.63) is 77.6 Å². The van der Waals surface area contributed by atoms with Crippen LogP contribution in [-0.2, 0) is 0 Å². The number of aromatic nitrogens is 2. The Kier molecular flexibility index (Phi) is 4.21. The van der Waals surface area contributed by atoms with E-state index in [4.69, 9.17) is 4.99 Å². The predicted molar refractivity (Wildman–Crippen MR) is 100.0 cm³/mol. The minimum atomic E-state index is 0.862. The molecule has 0 saturated heterocycles. The lowest BCUT2D eigenvalue weighted by atomic mass is 10.1. The van der Waals surface area contributed by atoms with Gasteiger partial charge in [0, 0.05) is 41.6 Å². The average molecular weight is 329 g/mol. The number of aliphatic imine (C=N–C) groups is 1. The summed E-state index contributed by atoms with van der Waals surface area (Å²) in [4.78, 5) is 13.4. The molecule has 0 aliphatic carbocycles. The van der Waals surface area contributed by atoms with Crippen LogP contribution in [0.4, 0.5) is 0 Å². The number of hydrogen-bond acceptors (Lipinski definition) is 5. The minimum Gasteiger partial charge on any atom is -0.265 e. The second kappa shape index (κ2) is 6.81. The molecule has 0 aromatic carbocycles. The average Bonchev–Trinajstić information content (AvgIpc) is 2.63. The Morgan fingerprint density at radius 3 is 2.68 bits per heavy atom. The normalized spacial score (nSPS) is 20.4. The van der Waals surface area contributed by atoms with E-state index in [9.17, 15) is 0 Å². The maximum Gasteiger partial charge on any atom is 0.150 e. The summed E-state index contributed by atoms with van der Waals surface area (Å²) in [5, 5.41) is 6.55. The summed E-state index contributed by atoms with van der Waals surface area (Å²) in [6, 6.07) is 8.06. The summed E-state index contributed by atoms with van der Waals surface area (Å²) in [6.07, 6.45) is 14.7. The van der Waals surface area contributed by atoms with Crippen molar-refractivity contribution in [1.82, 2.24) is 15.0 Å². The van der Waals surface area contributed by atoms with E-state index in [1.807, 2.05) is 42.5 Å². The first-order valence-electron chi connectivity index (χ1n) is 8.48. The molecule has 2 aromatic rings. The molecule has 2 aliphatic rings. The van der Waals surface area contributed by atoms with E-state index in [0.717, 1.165) is 53.3 Å². The number of nitrogens with zero attached hydrogens (tertiary/aromatic N) is 5. The molecule has 0 N–H and O–H groups in total. The van der Waals surface area contributed by atoms with Gasteiger partial charge in [0.1, 0.15) is 0 Å². The van der Waals surface area contributed by atoms with E-state index >= 15 is 0 Å². The van der Waals surface area contributed by atoms with Crippen LogP contribution in [0.2, 0.25) is 0 Å². The third kappa shape index (κ3) is 3.26. The Balaban J connectivity index is 1.84. The lowest BCUT2D eigenvalue weighted by Gasteiger charge is -2.27. The van der Waals surface area contributed by atoms with Crippen LogP contribution in [0.3, 0.4) is 0 Å². The number of hydrazone groups is 1. The lowest BCUT2D eigenvalue weighted by Crippen LogP contribution is -2.22. The first-order chi connectivity index (χ1) is 12.3. The molecule has 0 saturated carbocycles. The van der Waals surface area contributed by atoms with Crippen LogP contribution in [0.25, 0.3) is 5.70 Å². The number of rotatable bonds is 2. The van der Waals surface area contributed by atoms with Gasteiger partial charge in [0.2, 0.25) is 0 Å². The minimum absolute atomic E-state index is 0.862. The summed E-state index contributed by atoms with van der Waals surface area (Å²) >= 11 is 0. The highest BCUT2D eigenvalue weighted by Crippen LogP contribution is 2.30. The van der Waals surface area contributed by atoms with Gasteiger partial charge in [-0.1, -0.05) is 0 Å². The van der Waals surface area contributed by atoms with Crippen molar-refractivity contribution in [3.8, 4) is 0 Å². The molecule has 0 bridgehead atoms. The zero-order valence-corrected chi connectivity index (χ0v) is 14.1. The number of allylic oxidation sites excluding steroid dienone is 2. The number of pyridine rings is 2. The molecule has 0 amide bonds.